The third kappa shape index (κ3) is 3.70. The van der Waals surface area contributed by atoms with Crippen LogP contribution >= 0.6 is 15.9 Å². The molecular formula is C13H16BrNO4. The minimum Gasteiger partial charge on any atom is -0.467 e. The van der Waals surface area contributed by atoms with Crippen LogP contribution in [0.4, 0.5) is 5.69 Å². The van der Waals surface area contributed by atoms with E-state index in [-0.39, 0.29) is 0 Å². The number of benzene rings is 1. The molecule has 0 saturated carbocycles. The van der Waals surface area contributed by atoms with Gasteiger partial charge in [0.1, 0.15) is 5.54 Å². The van der Waals surface area contributed by atoms with E-state index in [0.29, 0.717) is 15.7 Å². The quantitative estimate of drug-likeness (QED) is 0.860. The number of nitrogens with one attached hydrogen (secondary N) is 1. The second kappa shape index (κ2) is 6.06. The summed E-state index contributed by atoms with van der Waals surface area (Å²) in [7, 11) is 2.64. The lowest BCUT2D eigenvalue weighted by Gasteiger charge is -2.24. The first-order chi connectivity index (χ1) is 8.81. The minimum atomic E-state index is -0.893. The summed E-state index contributed by atoms with van der Waals surface area (Å²) in [5.41, 5.74) is 0.114. The van der Waals surface area contributed by atoms with Crippen LogP contribution in [-0.4, -0.2) is 31.7 Å². The topological polar surface area (TPSA) is 64.6 Å². The fourth-order valence-electron chi connectivity index (χ4n) is 1.54. The Kier molecular flexibility index (Phi) is 4.94. The smallest absolute Gasteiger partial charge is 0.339 e. The van der Waals surface area contributed by atoms with E-state index < -0.39 is 17.5 Å². The lowest BCUT2D eigenvalue weighted by Crippen LogP contribution is -2.41. The second-order valence-corrected chi connectivity index (χ2v) is 5.28. The molecule has 0 aliphatic heterocycles. The van der Waals surface area contributed by atoms with Gasteiger partial charge in [0.05, 0.1) is 19.8 Å². The highest BCUT2D eigenvalue weighted by atomic mass is 79.9. The number of esters is 2. The summed E-state index contributed by atoms with van der Waals surface area (Å²) in [6.45, 7) is 3.39. The fourth-order valence-corrected chi connectivity index (χ4v) is 1.94. The number of carbonyl (C=O) groups excluding carboxylic acids is 2. The molecule has 0 amide bonds. The zero-order valence-electron chi connectivity index (χ0n) is 11.2. The Morgan fingerprint density at radius 2 is 1.84 bits per heavy atom. The van der Waals surface area contributed by atoms with Crippen molar-refractivity contribution in [3.05, 3.63) is 28.2 Å². The largest absolute Gasteiger partial charge is 0.467 e. The molecule has 0 aliphatic carbocycles. The first-order valence-corrected chi connectivity index (χ1v) is 6.35. The molecule has 0 atom stereocenters. The summed E-state index contributed by atoms with van der Waals surface area (Å²) >= 11 is 3.27. The summed E-state index contributed by atoms with van der Waals surface area (Å²) in [4.78, 5) is 23.2. The summed E-state index contributed by atoms with van der Waals surface area (Å²) in [5.74, 6) is -0.846. The molecule has 0 radical (unpaired) electrons. The molecule has 0 aromatic heterocycles. The zero-order valence-corrected chi connectivity index (χ0v) is 12.8. The van der Waals surface area contributed by atoms with Crippen LogP contribution in [0.25, 0.3) is 0 Å². The van der Waals surface area contributed by atoms with Crippen LogP contribution in [0.15, 0.2) is 22.7 Å². The summed E-state index contributed by atoms with van der Waals surface area (Å²) in [6.07, 6.45) is 0. The molecule has 1 rings (SSSR count). The number of methoxy groups -OCH3 is 2. The predicted molar refractivity (Wildman–Crippen MR) is 75.2 cm³/mol. The van der Waals surface area contributed by atoms with E-state index >= 15 is 0 Å². The van der Waals surface area contributed by atoms with E-state index in [1.165, 1.54) is 14.2 Å². The molecule has 1 N–H and O–H groups in total. The van der Waals surface area contributed by atoms with E-state index in [9.17, 15) is 9.59 Å². The molecule has 1 aromatic rings. The Morgan fingerprint density at radius 1 is 1.21 bits per heavy atom. The van der Waals surface area contributed by atoms with Crippen molar-refractivity contribution in [2.75, 3.05) is 19.5 Å². The highest BCUT2D eigenvalue weighted by Crippen LogP contribution is 2.24. The molecule has 0 unspecified atom stereocenters. The number of ether oxygens (including phenoxy) is 2. The van der Waals surface area contributed by atoms with Crippen LogP contribution in [0.2, 0.25) is 0 Å². The van der Waals surface area contributed by atoms with Crippen LogP contribution in [-0.2, 0) is 14.3 Å². The normalized spacial score (nSPS) is 10.8. The van der Waals surface area contributed by atoms with Gasteiger partial charge < -0.3 is 14.8 Å². The van der Waals surface area contributed by atoms with Crippen molar-refractivity contribution in [1.29, 1.82) is 0 Å². The van der Waals surface area contributed by atoms with Crippen molar-refractivity contribution in [2.45, 2.75) is 19.4 Å². The predicted octanol–water partition coefficient (Wildman–Crippen LogP) is 2.60. The van der Waals surface area contributed by atoms with Crippen LogP contribution in [0.3, 0.4) is 0 Å². The van der Waals surface area contributed by atoms with Gasteiger partial charge in [-0.2, -0.15) is 0 Å². The van der Waals surface area contributed by atoms with Crippen LogP contribution in [0.5, 0.6) is 0 Å². The van der Waals surface area contributed by atoms with Gasteiger partial charge in [-0.05, 0) is 48.0 Å². The Balaban J connectivity index is 3.04. The summed E-state index contributed by atoms with van der Waals surface area (Å²) in [6, 6.07) is 5.07. The van der Waals surface area contributed by atoms with Gasteiger partial charge >= 0.3 is 11.9 Å². The Labute approximate surface area is 120 Å². The molecule has 104 valence electrons. The maximum absolute atomic E-state index is 11.6. The number of halogens is 1. The Bertz CT molecular complexity index is 499. The Morgan fingerprint density at radius 3 is 2.37 bits per heavy atom. The fraction of sp³-hybridized carbons (Fsp3) is 0.385. The van der Waals surface area contributed by atoms with Crippen molar-refractivity contribution in [3.63, 3.8) is 0 Å². The van der Waals surface area contributed by atoms with Crippen molar-refractivity contribution >= 4 is 33.6 Å². The molecule has 0 fully saturated rings. The van der Waals surface area contributed by atoms with E-state index in [4.69, 9.17) is 4.74 Å². The third-order valence-electron chi connectivity index (χ3n) is 2.52. The molecule has 1 aromatic carbocycles. The molecule has 0 aliphatic rings. The summed E-state index contributed by atoms with van der Waals surface area (Å²) < 4.78 is 10.0. The number of rotatable bonds is 4. The monoisotopic (exact) mass is 329 g/mol. The van der Waals surface area contributed by atoms with Gasteiger partial charge in [-0.25, -0.2) is 9.59 Å². The maximum Gasteiger partial charge on any atom is 0.339 e. The van der Waals surface area contributed by atoms with E-state index in [1.54, 1.807) is 32.0 Å². The molecule has 0 saturated heterocycles. The highest BCUT2D eigenvalue weighted by Gasteiger charge is 2.28. The third-order valence-corrected chi connectivity index (χ3v) is 3.22. The minimum absolute atomic E-state index is 0.383. The first-order valence-electron chi connectivity index (χ1n) is 5.56. The Hall–Kier alpha value is -1.56. The zero-order chi connectivity index (χ0) is 14.6. The lowest BCUT2D eigenvalue weighted by molar-refractivity contribution is -0.144. The van der Waals surface area contributed by atoms with E-state index in [0.717, 1.165) is 0 Å². The molecule has 0 bridgehead atoms. The standard InChI is InChI=1S/C13H16BrNO4/c1-13(2,12(17)19-4)15-8-5-6-10(14)9(7-8)11(16)18-3/h5-7,15H,1-4H3. The van der Waals surface area contributed by atoms with Crippen molar-refractivity contribution < 1.29 is 19.1 Å². The molecular weight excluding hydrogens is 314 g/mol. The van der Waals surface area contributed by atoms with Gasteiger partial charge in [0.15, 0.2) is 0 Å². The number of hydrogen-bond donors (Lipinski definition) is 1. The van der Waals surface area contributed by atoms with Gasteiger partial charge in [-0.3, -0.25) is 0 Å². The van der Waals surface area contributed by atoms with Crippen molar-refractivity contribution in [2.24, 2.45) is 0 Å². The lowest BCUT2D eigenvalue weighted by atomic mass is 10.0. The van der Waals surface area contributed by atoms with Gasteiger partial charge in [0, 0.05) is 10.2 Å². The van der Waals surface area contributed by atoms with Gasteiger partial charge in [-0.1, -0.05) is 0 Å². The van der Waals surface area contributed by atoms with E-state index in [2.05, 4.69) is 26.0 Å². The SMILES string of the molecule is COC(=O)c1cc(NC(C)(C)C(=O)OC)ccc1Br. The highest BCUT2D eigenvalue weighted by molar-refractivity contribution is 9.10. The average Bonchev–Trinajstić information content (AvgIpc) is 2.38. The van der Waals surface area contributed by atoms with E-state index in [1.807, 2.05) is 0 Å². The van der Waals surface area contributed by atoms with Crippen LogP contribution in [0, 0.1) is 0 Å². The molecule has 6 heteroatoms. The molecule has 0 heterocycles. The van der Waals surface area contributed by atoms with Crippen LogP contribution < -0.4 is 5.32 Å². The van der Waals surface area contributed by atoms with Gasteiger partial charge in [0.25, 0.3) is 0 Å². The van der Waals surface area contributed by atoms with Gasteiger partial charge in [0.2, 0.25) is 0 Å². The number of carbonyl (C=O) groups is 2. The van der Waals surface area contributed by atoms with Gasteiger partial charge in [-0.15, -0.1) is 0 Å². The summed E-state index contributed by atoms with van der Waals surface area (Å²) in [5, 5.41) is 3.01. The maximum atomic E-state index is 11.6. The number of anilines is 1. The molecule has 19 heavy (non-hydrogen) atoms. The van der Waals surface area contributed by atoms with Crippen molar-refractivity contribution in [3.8, 4) is 0 Å². The van der Waals surface area contributed by atoms with Crippen molar-refractivity contribution in [1.82, 2.24) is 0 Å². The number of hydrogen-bond acceptors (Lipinski definition) is 5. The first kappa shape index (κ1) is 15.5. The second-order valence-electron chi connectivity index (χ2n) is 4.43. The average molecular weight is 330 g/mol. The van der Waals surface area contributed by atoms with Crippen LogP contribution in [0.1, 0.15) is 24.2 Å². The molecule has 5 nitrogen and oxygen atoms in total. The molecule has 0 spiro atoms.